The molecule has 2 amide bonds. The Morgan fingerprint density at radius 2 is 1.62 bits per heavy atom. The van der Waals surface area contributed by atoms with Crippen LogP contribution < -0.4 is 19.3 Å². The average molecular weight is 743 g/mol. The first-order chi connectivity index (χ1) is 25.3. The molecule has 10 heteroatoms. The lowest BCUT2D eigenvalue weighted by Crippen LogP contribution is -2.53. The molecule has 1 aliphatic carbocycles. The molecule has 53 heavy (non-hydrogen) atoms. The standard InChI is InChI=1S/C43H55ClN4O5/c1-27(2)52-39-23-37-30(20-38(39)51-7)21-40(49)48(41(37)29-10-12-31(44)13-11-29)34-18-16-32(17-19-34)45(6)24-28-8-14-33(15-9-28)46-25-36-22-35(46)26-47(36)42(50)53-43(3,4)5/h10-13,16-20,23,27-28,33,35-36,41H,8-9,14-15,21-22,24-26H2,1-7H3/t28?,33?,35?,36-,41-/m0/s1. The van der Waals surface area contributed by atoms with Crippen molar-refractivity contribution in [3.63, 3.8) is 0 Å². The molecule has 284 valence electrons. The van der Waals surface area contributed by atoms with Crippen LogP contribution in [0.4, 0.5) is 16.2 Å². The first-order valence-corrected chi connectivity index (χ1v) is 19.7. The minimum atomic E-state index is -0.462. The van der Waals surface area contributed by atoms with E-state index in [1.165, 1.54) is 25.7 Å². The topological polar surface area (TPSA) is 74.8 Å². The van der Waals surface area contributed by atoms with Crippen LogP contribution in [0.15, 0.2) is 60.7 Å². The van der Waals surface area contributed by atoms with E-state index >= 15 is 0 Å². The van der Waals surface area contributed by atoms with E-state index in [0.717, 1.165) is 54.1 Å². The van der Waals surface area contributed by atoms with Crippen molar-refractivity contribution in [2.24, 2.45) is 5.92 Å². The number of carbonyl (C=O) groups excluding carboxylic acids is 2. The molecule has 3 fully saturated rings. The first-order valence-electron chi connectivity index (χ1n) is 19.3. The molecule has 0 radical (unpaired) electrons. The van der Waals surface area contributed by atoms with Gasteiger partial charge in [0.05, 0.1) is 25.7 Å². The number of rotatable bonds is 9. The number of halogens is 1. The second kappa shape index (κ2) is 15.1. The summed E-state index contributed by atoms with van der Waals surface area (Å²) in [5.41, 5.74) is 4.46. The molecular weight excluding hydrogens is 688 g/mol. The largest absolute Gasteiger partial charge is 0.493 e. The van der Waals surface area contributed by atoms with E-state index in [1.807, 2.05) is 80.8 Å². The molecular formula is C43H55ClN4O5. The van der Waals surface area contributed by atoms with E-state index in [-0.39, 0.29) is 36.6 Å². The van der Waals surface area contributed by atoms with Crippen molar-refractivity contribution in [1.29, 1.82) is 0 Å². The molecule has 3 heterocycles. The van der Waals surface area contributed by atoms with Crippen molar-refractivity contribution >= 4 is 35.0 Å². The Bertz CT molecular complexity index is 1780. The van der Waals surface area contributed by atoms with Crippen LogP contribution >= 0.6 is 11.6 Å². The van der Waals surface area contributed by atoms with Crippen LogP contribution in [0.5, 0.6) is 11.5 Å². The second-order valence-corrected chi connectivity index (χ2v) is 17.1. The van der Waals surface area contributed by atoms with Crippen LogP contribution in [-0.2, 0) is 16.0 Å². The van der Waals surface area contributed by atoms with Crippen molar-refractivity contribution in [2.75, 3.05) is 43.6 Å². The molecule has 1 unspecified atom stereocenters. The van der Waals surface area contributed by atoms with Gasteiger partial charge in [-0.1, -0.05) is 23.7 Å². The zero-order valence-electron chi connectivity index (χ0n) is 32.3. The maximum Gasteiger partial charge on any atom is 0.410 e. The highest BCUT2D eigenvalue weighted by molar-refractivity contribution is 6.30. The molecule has 2 bridgehead atoms. The summed E-state index contributed by atoms with van der Waals surface area (Å²) < 4.78 is 17.5. The number of ether oxygens (including phenoxy) is 3. The monoisotopic (exact) mass is 742 g/mol. The summed E-state index contributed by atoms with van der Waals surface area (Å²) in [6.07, 6.45) is 5.95. The Morgan fingerprint density at radius 3 is 2.23 bits per heavy atom. The summed E-state index contributed by atoms with van der Waals surface area (Å²) in [6, 6.07) is 21.2. The average Bonchev–Trinajstić information content (AvgIpc) is 3.73. The molecule has 9 nitrogen and oxygen atoms in total. The van der Waals surface area contributed by atoms with Gasteiger partial charge in [-0.25, -0.2) is 4.79 Å². The normalized spacial score (nSPS) is 24.4. The minimum absolute atomic E-state index is 0.0265. The number of benzene rings is 3. The number of nitrogens with zero attached hydrogens (tertiary/aromatic N) is 4. The third-order valence-electron chi connectivity index (χ3n) is 11.4. The summed E-state index contributed by atoms with van der Waals surface area (Å²) in [5.74, 6) is 1.95. The number of methoxy groups -OCH3 is 1. The number of amides is 2. The Labute approximate surface area is 320 Å². The van der Waals surface area contributed by atoms with Crippen LogP contribution in [0.1, 0.15) is 89.5 Å². The highest BCUT2D eigenvalue weighted by Gasteiger charge is 2.48. The van der Waals surface area contributed by atoms with Crippen molar-refractivity contribution in [3.8, 4) is 11.5 Å². The summed E-state index contributed by atoms with van der Waals surface area (Å²) in [4.78, 5) is 35.7. The van der Waals surface area contributed by atoms with Crippen LogP contribution in [-0.4, -0.2) is 85.4 Å². The number of carbonyl (C=O) groups is 2. The SMILES string of the molecule is COc1cc2c(cc1OC(C)C)[C@H](c1ccc(Cl)cc1)N(c1ccc(N(C)CC3CCC(N4C[C@@H]5CC4CN5C(=O)OC(C)(C)C)CC3)cc1)C(=O)C2. The van der Waals surface area contributed by atoms with Gasteiger partial charge in [0.25, 0.3) is 0 Å². The van der Waals surface area contributed by atoms with Gasteiger partial charge < -0.3 is 28.9 Å². The van der Waals surface area contributed by atoms with E-state index in [0.29, 0.717) is 34.5 Å². The fraction of sp³-hybridized carbons (Fsp3) is 0.535. The fourth-order valence-corrected chi connectivity index (χ4v) is 9.16. The molecule has 3 atom stereocenters. The Balaban J connectivity index is 1.01. The second-order valence-electron chi connectivity index (χ2n) is 16.7. The molecule has 7 rings (SSSR count). The molecule has 3 aromatic carbocycles. The fourth-order valence-electron chi connectivity index (χ4n) is 9.04. The quantitative estimate of drug-likeness (QED) is 0.218. The predicted molar refractivity (Wildman–Crippen MR) is 211 cm³/mol. The molecule has 3 aliphatic heterocycles. The van der Waals surface area contributed by atoms with Crippen molar-refractivity contribution in [3.05, 3.63) is 82.4 Å². The smallest absolute Gasteiger partial charge is 0.410 e. The summed E-state index contributed by atoms with van der Waals surface area (Å²) in [5, 5.41) is 0.650. The maximum atomic E-state index is 14.0. The number of anilines is 2. The number of likely N-dealkylation sites (tertiary alicyclic amines) is 2. The zero-order chi connectivity index (χ0) is 37.6. The molecule has 0 aromatic heterocycles. The molecule has 0 N–H and O–H groups in total. The lowest BCUT2D eigenvalue weighted by molar-refractivity contribution is -0.118. The molecule has 4 aliphatic rings. The van der Waals surface area contributed by atoms with Crippen LogP contribution in [0.25, 0.3) is 0 Å². The van der Waals surface area contributed by atoms with Gasteiger partial charge in [-0.15, -0.1) is 0 Å². The third-order valence-corrected chi connectivity index (χ3v) is 11.7. The van der Waals surface area contributed by atoms with Crippen molar-refractivity contribution in [2.45, 2.75) is 109 Å². The highest BCUT2D eigenvalue weighted by atomic mass is 35.5. The first kappa shape index (κ1) is 37.4. The Hall–Kier alpha value is -3.95. The van der Waals surface area contributed by atoms with Crippen LogP contribution in [0.2, 0.25) is 5.02 Å². The predicted octanol–water partition coefficient (Wildman–Crippen LogP) is 8.50. The van der Waals surface area contributed by atoms with E-state index < -0.39 is 5.60 Å². The summed E-state index contributed by atoms with van der Waals surface area (Å²) in [7, 11) is 3.81. The van der Waals surface area contributed by atoms with Gasteiger partial charge in [0, 0.05) is 61.2 Å². The Morgan fingerprint density at radius 1 is 0.925 bits per heavy atom. The van der Waals surface area contributed by atoms with Gasteiger partial charge in [0.15, 0.2) is 11.5 Å². The van der Waals surface area contributed by atoms with Crippen molar-refractivity contribution in [1.82, 2.24) is 9.80 Å². The van der Waals surface area contributed by atoms with Crippen LogP contribution in [0.3, 0.4) is 0 Å². The van der Waals surface area contributed by atoms with E-state index in [1.54, 1.807) is 7.11 Å². The van der Waals surface area contributed by atoms with E-state index in [2.05, 4.69) is 41.1 Å². The Kier molecular flexibility index (Phi) is 10.6. The van der Waals surface area contributed by atoms with Crippen LogP contribution in [0, 0.1) is 5.92 Å². The van der Waals surface area contributed by atoms with Gasteiger partial charge in [-0.2, -0.15) is 0 Å². The summed E-state index contributed by atoms with van der Waals surface area (Å²) >= 11 is 6.31. The summed E-state index contributed by atoms with van der Waals surface area (Å²) in [6.45, 7) is 12.5. The van der Waals surface area contributed by atoms with Gasteiger partial charge in [-0.05, 0) is 138 Å². The third kappa shape index (κ3) is 7.97. The van der Waals surface area contributed by atoms with E-state index in [4.69, 9.17) is 25.8 Å². The molecule has 2 saturated heterocycles. The maximum absolute atomic E-state index is 14.0. The van der Waals surface area contributed by atoms with Gasteiger partial charge in [-0.3, -0.25) is 9.69 Å². The lowest BCUT2D eigenvalue weighted by atomic mass is 9.84. The van der Waals surface area contributed by atoms with Gasteiger partial charge >= 0.3 is 6.09 Å². The van der Waals surface area contributed by atoms with Gasteiger partial charge in [0.1, 0.15) is 5.60 Å². The van der Waals surface area contributed by atoms with E-state index in [9.17, 15) is 9.59 Å². The molecule has 3 aromatic rings. The minimum Gasteiger partial charge on any atom is -0.493 e. The lowest BCUT2D eigenvalue weighted by Gasteiger charge is -2.42. The molecule has 0 spiro atoms. The molecule has 1 saturated carbocycles. The zero-order valence-corrected chi connectivity index (χ0v) is 33.1. The number of piperazine rings is 1. The number of fused-ring (bicyclic) bond motifs is 3. The van der Waals surface area contributed by atoms with Gasteiger partial charge in [0.2, 0.25) is 5.91 Å². The van der Waals surface area contributed by atoms with Crippen molar-refractivity contribution < 1.29 is 23.8 Å². The number of hydrogen-bond donors (Lipinski definition) is 0. The highest BCUT2D eigenvalue weighted by Crippen LogP contribution is 2.44. The number of hydrogen-bond acceptors (Lipinski definition) is 7.